The molecule has 0 atom stereocenters. The first-order valence-corrected chi connectivity index (χ1v) is 10.3. The highest BCUT2D eigenvalue weighted by molar-refractivity contribution is 7.90. The van der Waals surface area contributed by atoms with Crippen molar-refractivity contribution in [2.24, 2.45) is 5.92 Å². The van der Waals surface area contributed by atoms with E-state index >= 15 is 0 Å². The summed E-state index contributed by atoms with van der Waals surface area (Å²) in [5, 5.41) is 10.6. The number of rotatable bonds is 6. The predicted molar refractivity (Wildman–Crippen MR) is 98.9 cm³/mol. The number of carbonyl (C=O) groups excluding carboxylic acids is 1. The summed E-state index contributed by atoms with van der Waals surface area (Å²) in [7, 11) is -3.55. The lowest BCUT2D eigenvalue weighted by Gasteiger charge is -2.09. The summed E-state index contributed by atoms with van der Waals surface area (Å²) in [6.07, 6.45) is 2.85. The van der Waals surface area contributed by atoms with Gasteiger partial charge in [-0.05, 0) is 23.6 Å². The highest BCUT2D eigenvalue weighted by Gasteiger charge is 2.16. The van der Waals surface area contributed by atoms with Crippen molar-refractivity contribution in [1.29, 1.82) is 0 Å². The molecule has 10 heteroatoms. The van der Waals surface area contributed by atoms with Crippen LogP contribution in [0.15, 0.2) is 35.6 Å². The quantitative estimate of drug-likeness (QED) is 0.632. The SMILES string of the molecule is CC(C)CC(=O)NCc1cccc(-n2nnc3cnc(S(C)(=O)=O)nc32)c1. The molecule has 0 radical (unpaired) electrons. The summed E-state index contributed by atoms with van der Waals surface area (Å²) in [4.78, 5) is 19.7. The zero-order valence-corrected chi connectivity index (χ0v) is 16.1. The van der Waals surface area contributed by atoms with E-state index in [1.807, 2.05) is 32.0 Å². The third-order valence-electron chi connectivity index (χ3n) is 3.74. The van der Waals surface area contributed by atoms with Gasteiger partial charge < -0.3 is 5.32 Å². The molecule has 0 aliphatic rings. The van der Waals surface area contributed by atoms with Crippen molar-refractivity contribution in [3.63, 3.8) is 0 Å². The fraction of sp³-hybridized carbons (Fsp3) is 0.353. The third-order valence-corrected chi connectivity index (χ3v) is 4.60. The minimum absolute atomic E-state index is 0.00727. The van der Waals surface area contributed by atoms with Crippen molar-refractivity contribution in [3.05, 3.63) is 36.0 Å². The van der Waals surface area contributed by atoms with Crippen LogP contribution in [-0.4, -0.2) is 45.5 Å². The molecule has 0 unspecified atom stereocenters. The van der Waals surface area contributed by atoms with Crippen molar-refractivity contribution in [1.82, 2.24) is 30.3 Å². The molecule has 1 N–H and O–H groups in total. The zero-order chi connectivity index (χ0) is 19.6. The summed E-state index contributed by atoms with van der Waals surface area (Å²) >= 11 is 0. The van der Waals surface area contributed by atoms with Crippen molar-refractivity contribution in [2.45, 2.75) is 32.0 Å². The Bertz CT molecular complexity index is 1090. The first kappa shape index (κ1) is 18.9. The first-order chi connectivity index (χ1) is 12.7. The van der Waals surface area contributed by atoms with Crippen molar-refractivity contribution >= 4 is 26.9 Å². The number of hydrogen-bond donors (Lipinski definition) is 1. The van der Waals surface area contributed by atoms with E-state index in [2.05, 4.69) is 25.6 Å². The Kier molecular flexibility index (Phi) is 5.17. The van der Waals surface area contributed by atoms with E-state index < -0.39 is 9.84 Å². The van der Waals surface area contributed by atoms with Gasteiger partial charge >= 0.3 is 0 Å². The molecule has 1 aromatic carbocycles. The number of amides is 1. The van der Waals surface area contributed by atoms with Crippen molar-refractivity contribution in [3.8, 4) is 5.69 Å². The van der Waals surface area contributed by atoms with E-state index in [4.69, 9.17) is 0 Å². The second kappa shape index (κ2) is 7.39. The van der Waals surface area contributed by atoms with Crippen LogP contribution in [0.3, 0.4) is 0 Å². The van der Waals surface area contributed by atoms with Crippen molar-refractivity contribution in [2.75, 3.05) is 6.26 Å². The number of hydrogen-bond acceptors (Lipinski definition) is 7. The normalized spacial score (nSPS) is 11.9. The summed E-state index contributed by atoms with van der Waals surface area (Å²) in [5.41, 5.74) is 2.22. The van der Waals surface area contributed by atoms with Crippen LogP contribution < -0.4 is 5.32 Å². The van der Waals surface area contributed by atoms with Crippen LogP contribution in [0.4, 0.5) is 0 Å². The van der Waals surface area contributed by atoms with E-state index in [1.165, 1.54) is 10.9 Å². The Hall–Kier alpha value is -2.88. The number of carbonyl (C=O) groups is 1. The van der Waals surface area contributed by atoms with Crippen LogP contribution in [0.5, 0.6) is 0 Å². The predicted octanol–water partition coefficient (Wildman–Crippen LogP) is 1.28. The van der Waals surface area contributed by atoms with Gasteiger partial charge in [-0.15, -0.1) is 5.10 Å². The van der Waals surface area contributed by atoms with E-state index in [0.29, 0.717) is 35.7 Å². The Morgan fingerprint density at radius 3 is 2.78 bits per heavy atom. The molecule has 2 heterocycles. The van der Waals surface area contributed by atoms with Gasteiger partial charge in [0.15, 0.2) is 11.2 Å². The molecule has 27 heavy (non-hydrogen) atoms. The highest BCUT2D eigenvalue weighted by Crippen LogP contribution is 2.16. The van der Waals surface area contributed by atoms with Gasteiger partial charge in [-0.25, -0.2) is 13.4 Å². The lowest BCUT2D eigenvalue weighted by atomic mass is 10.1. The number of nitrogens with one attached hydrogen (secondary N) is 1. The van der Waals surface area contributed by atoms with Crippen molar-refractivity contribution < 1.29 is 13.2 Å². The maximum atomic E-state index is 11.8. The molecule has 9 nitrogen and oxygen atoms in total. The third kappa shape index (κ3) is 4.45. The largest absolute Gasteiger partial charge is 0.352 e. The van der Waals surface area contributed by atoms with E-state index in [0.717, 1.165) is 11.8 Å². The van der Waals surface area contributed by atoms with Crippen LogP contribution in [0, 0.1) is 5.92 Å². The lowest BCUT2D eigenvalue weighted by molar-refractivity contribution is -0.121. The molecule has 0 spiro atoms. The average molecular weight is 388 g/mol. The summed E-state index contributed by atoms with van der Waals surface area (Å²) < 4.78 is 24.9. The van der Waals surface area contributed by atoms with Gasteiger partial charge in [-0.3, -0.25) is 4.79 Å². The van der Waals surface area contributed by atoms with Crippen LogP contribution in [0.2, 0.25) is 0 Å². The molecule has 0 aliphatic heterocycles. The highest BCUT2D eigenvalue weighted by atomic mass is 32.2. The smallest absolute Gasteiger partial charge is 0.248 e. The minimum atomic E-state index is -3.55. The van der Waals surface area contributed by atoms with Gasteiger partial charge in [0.05, 0.1) is 11.9 Å². The molecule has 3 aromatic rings. The van der Waals surface area contributed by atoms with Gasteiger partial charge in [0.25, 0.3) is 0 Å². The summed E-state index contributed by atoms with van der Waals surface area (Å²) in [5.74, 6) is 0.286. The molecule has 1 amide bonds. The first-order valence-electron chi connectivity index (χ1n) is 8.38. The second-order valence-corrected chi connectivity index (χ2v) is 8.59. The van der Waals surface area contributed by atoms with Gasteiger partial charge in [-0.2, -0.15) is 9.67 Å². The van der Waals surface area contributed by atoms with E-state index in [1.54, 1.807) is 6.07 Å². The van der Waals surface area contributed by atoms with Gasteiger partial charge in [0, 0.05) is 19.2 Å². The molecular formula is C17H20N6O3S. The van der Waals surface area contributed by atoms with Crippen LogP contribution in [0.25, 0.3) is 16.9 Å². The zero-order valence-electron chi connectivity index (χ0n) is 15.2. The maximum absolute atomic E-state index is 11.8. The fourth-order valence-corrected chi connectivity index (χ4v) is 3.00. The number of sulfone groups is 1. The Morgan fingerprint density at radius 2 is 2.07 bits per heavy atom. The van der Waals surface area contributed by atoms with E-state index in [9.17, 15) is 13.2 Å². The van der Waals surface area contributed by atoms with Gasteiger partial charge in [-0.1, -0.05) is 31.2 Å². The summed E-state index contributed by atoms with van der Waals surface area (Å²) in [6, 6.07) is 7.35. The standard InChI is InChI=1S/C17H20N6O3S/c1-11(2)7-15(24)18-9-12-5-4-6-13(8-12)23-16-14(21-22-23)10-19-17(20-16)27(3,25)26/h4-6,8,10-11H,7,9H2,1-3H3,(H,18,24). The molecule has 0 saturated carbocycles. The van der Waals surface area contributed by atoms with Gasteiger partial charge in [0.2, 0.25) is 20.9 Å². The minimum Gasteiger partial charge on any atom is -0.352 e. The Balaban J connectivity index is 1.90. The monoisotopic (exact) mass is 388 g/mol. The molecule has 2 aromatic heterocycles. The fourth-order valence-electron chi connectivity index (χ4n) is 2.51. The molecule has 3 rings (SSSR count). The molecule has 0 fully saturated rings. The second-order valence-electron chi connectivity index (χ2n) is 6.68. The van der Waals surface area contributed by atoms with E-state index in [-0.39, 0.29) is 11.1 Å². The number of benzene rings is 1. The number of fused-ring (bicyclic) bond motifs is 1. The molecule has 142 valence electrons. The topological polar surface area (TPSA) is 120 Å². The Morgan fingerprint density at radius 1 is 1.30 bits per heavy atom. The van der Waals surface area contributed by atoms with Crippen LogP contribution in [0.1, 0.15) is 25.8 Å². The molecule has 0 bridgehead atoms. The number of aromatic nitrogens is 5. The number of nitrogens with zero attached hydrogens (tertiary/aromatic N) is 5. The summed E-state index contributed by atoms with van der Waals surface area (Å²) in [6.45, 7) is 4.36. The Labute approximate surface area is 156 Å². The molecule has 0 aliphatic carbocycles. The van der Waals surface area contributed by atoms with Gasteiger partial charge in [0.1, 0.15) is 0 Å². The molecular weight excluding hydrogens is 368 g/mol. The average Bonchev–Trinajstić information content (AvgIpc) is 3.02. The van der Waals surface area contributed by atoms with Crippen LogP contribution in [-0.2, 0) is 21.2 Å². The van der Waals surface area contributed by atoms with Crippen LogP contribution >= 0.6 is 0 Å². The maximum Gasteiger partial charge on any atom is 0.248 e. The lowest BCUT2D eigenvalue weighted by Crippen LogP contribution is -2.23. The molecule has 0 saturated heterocycles.